The summed E-state index contributed by atoms with van der Waals surface area (Å²) in [6, 6.07) is 18.7. The predicted octanol–water partition coefficient (Wildman–Crippen LogP) is 5.13. The molecule has 4 heterocycles. The number of aromatic hydroxyl groups is 1. The maximum atomic E-state index is 13.6. The van der Waals surface area contributed by atoms with E-state index in [9.17, 15) is 19.8 Å². The fourth-order valence-electron chi connectivity index (χ4n) is 4.81. The van der Waals surface area contributed by atoms with Crippen molar-refractivity contribution in [3.8, 4) is 11.5 Å². The van der Waals surface area contributed by atoms with E-state index in [1.165, 1.54) is 47.2 Å². The number of aliphatic hydroxyl groups is 1. The maximum Gasteiger partial charge on any atom is 0.301 e. The third-order valence-corrected chi connectivity index (χ3v) is 8.83. The molecule has 41 heavy (non-hydrogen) atoms. The largest absolute Gasteiger partial charge is 0.505 e. The SMILES string of the molecule is COc1cc(C2C(=C(O)c3c(C)nc4ccccn34)C(=O)C(=O)N2c2nnc(SCc3ccccc3)s2)ccc1O. The van der Waals surface area contributed by atoms with Crippen LogP contribution in [0.2, 0.25) is 0 Å². The first kappa shape index (κ1) is 26.5. The summed E-state index contributed by atoms with van der Waals surface area (Å²) in [6.45, 7) is 1.72. The molecule has 1 fully saturated rings. The maximum absolute atomic E-state index is 13.6. The van der Waals surface area contributed by atoms with Gasteiger partial charge in [-0.1, -0.05) is 65.6 Å². The lowest BCUT2D eigenvalue weighted by Crippen LogP contribution is -2.29. The summed E-state index contributed by atoms with van der Waals surface area (Å²) in [4.78, 5) is 33.0. The number of pyridine rings is 1. The number of anilines is 1. The molecule has 1 aliphatic rings. The summed E-state index contributed by atoms with van der Waals surface area (Å²) < 4.78 is 7.58. The van der Waals surface area contributed by atoms with E-state index in [4.69, 9.17) is 4.74 Å². The Morgan fingerprint density at radius 1 is 1.07 bits per heavy atom. The van der Waals surface area contributed by atoms with Crippen LogP contribution in [0, 0.1) is 6.92 Å². The lowest BCUT2D eigenvalue weighted by atomic mass is 9.96. The molecule has 10 nitrogen and oxygen atoms in total. The van der Waals surface area contributed by atoms with Crippen molar-refractivity contribution in [1.82, 2.24) is 19.6 Å². The molecule has 5 aromatic rings. The Balaban J connectivity index is 1.48. The first-order valence-corrected chi connectivity index (χ1v) is 14.3. The number of thioether (sulfide) groups is 1. The van der Waals surface area contributed by atoms with E-state index in [0.29, 0.717) is 32.7 Å². The van der Waals surface area contributed by atoms with E-state index in [1.54, 1.807) is 35.7 Å². The minimum absolute atomic E-state index is 0.110. The third kappa shape index (κ3) is 4.70. The molecule has 0 bridgehead atoms. The van der Waals surface area contributed by atoms with Crippen LogP contribution >= 0.6 is 23.1 Å². The number of rotatable bonds is 7. The Morgan fingerprint density at radius 3 is 2.63 bits per heavy atom. The van der Waals surface area contributed by atoms with Crippen molar-refractivity contribution in [1.29, 1.82) is 0 Å². The Hall–Kier alpha value is -4.68. The van der Waals surface area contributed by atoms with Gasteiger partial charge in [-0.25, -0.2) is 4.98 Å². The number of imidazole rings is 1. The fourth-order valence-corrected chi connectivity index (χ4v) is 6.64. The van der Waals surface area contributed by atoms with Crippen molar-refractivity contribution in [2.24, 2.45) is 0 Å². The van der Waals surface area contributed by atoms with Crippen LogP contribution in [0.4, 0.5) is 5.13 Å². The number of aryl methyl sites for hydroxylation is 1. The van der Waals surface area contributed by atoms with Gasteiger partial charge in [-0.2, -0.15) is 0 Å². The predicted molar refractivity (Wildman–Crippen MR) is 155 cm³/mol. The number of benzene rings is 2. The van der Waals surface area contributed by atoms with Crippen molar-refractivity contribution in [2.75, 3.05) is 12.0 Å². The number of carbonyl (C=O) groups is 2. The number of methoxy groups -OCH3 is 1. The number of ketones is 1. The second-order valence-corrected chi connectivity index (χ2v) is 11.4. The van der Waals surface area contributed by atoms with Crippen molar-refractivity contribution < 1.29 is 24.5 Å². The topological polar surface area (TPSA) is 130 Å². The highest BCUT2D eigenvalue weighted by Crippen LogP contribution is 2.45. The van der Waals surface area contributed by atoms with Gasteiger partial charge in [-0.05, 0) is 42.3 Å². The molecule has 2 aromatic carbocycles. The molecule has 2 N–H and O–H groups in total. The second kappa shape index (κ2) is 10.7. The Kier molecular flexibility index (Phi) is 6.93. The van der Waals surface area contributed by atoms with Crippen LogP contribution in [0.15, 0.2) is 82.8 Å². The molecule has 0 saturated carbocycles. The smallest absolute Gasteiger partial charge is 0.301 e. The van der Waals surface area contributed by atoms with Gasteiger partial charge in [0, 0.05) is 11.9 Å². The van der Waals surface area contributed by atoms with E-state index in [0.717, 1.165) is 5.56 Å². The quantitative estimate of drug-likeness (QED) is 0.0878. The molecule has 6 rings (SSSR count). The minimum Gasteiger partial charge on any atom is -0.505 e. The minimum atomic E-state index is -1.07. The van der Waals surface area contributed by atoms with Crippen LogP contribution in [0.3, 0.4) is 0 Å². The lowest BCUT2D eigenvalue weighted by Gasteiger charge is -2.23. The van der Waals surface area contributed by atoms with Gasteiger partial charge in [0.1, 0.15) is 11.3 Å². The van der Waals surface area contributed by atoms with E-state index in [-0.39, 0.29) is 28.0 Å². The Labute approximate surface area is 242 Å². The highest BCUT2D eigenvalue weighted by molar-refractivity contribution is 8.00. The number of amides is 1. The molecule has 1 unspecified atom stereocenters. The second-order valence-electron chi connectivity index (χ2n) is 9.20. The number of hydrogen-bond acceptors (Lipinski definition) is 10. The van der Waals surface area contributed by atoms with Gasteiger partial charge < -0.3 is 14.9 Å². The molecular weight excluding hydrogens is 562 g/mol. The zero-order valence-corrected chi connectivity index (χ0v) is 23.5. The number of aromatic nitrogens is 4. The van der Waals surface area contributed by atoms with Crippen molar-refractivity contribution in [3.05, 3.63) is 101 Å². The van der Waals surface area contributed by atoms with Gasteiger partial charge in [0.25, 0.3) is 5.78 Å². The fraction of sp³-hybridized carbons (Fsp3) is 0.138. The van der Waals surface area contributed by atoms with Gasteiger partial charge in [0.15, 0.2) is 21.6 Å². The average molecular weight is 586 g/mol. The van der Waals surface area contributed by atoms with Crippen LogP contribution in [0.5, 0.6) is 11.5 Å². The number of phenols is 1. The number of Topliss-reactive ketones (excluding diaryl/α,β-unsaturated/α-hetero) is 1. The van der Waals surface area contributed by atoms with Gasteiger partial charge in [-0.3, -0.25) is 18.9 Å². The van der Waals surface area contributed by atoms with Crippen LogP contribution in [-0.2, 0) is 15.3 Å². The van der Waals surface area contributed by atoms with E-state index in [1.807, 2.05) is 36.4 Å². The molecule has 1 aliphatic heterocycles. The molecule has 1 amide bonds. The highest BCUT2D eigenvalue weighted by atomic mass is 32.2. The summed E-state index contributed by atoms with van der Waals surface area (Å²) in [5, 5.41) is 30.6. The first-order valence-electron chi connectivity index (χ1n) is 12.5. The molecule has 12 heteroatoms. The van der Waals surface area contributed by atoms with Crippen molar-refractivity contribution in [3.63, 3.8) is 0 Å². The van der Waals surface area contributed by atoms with Gasteiger partial charge in [0.05, 0.1) is 24.4 Å². The number of hydrogen-bond donors (Lipinski definition) is 2. The molecule has 0 spiro atoms. The van der Waals surface area contributed by atoms with Crippen molar-refractivity contribution >= 4 is 51.3 Å². The number of phenolic OH excluding ortho intramolecular Hbond substituents is 1. The Bertz CT molecular complexity index is 1830. The van der Waals surface area contributed by atoms with Crippen LogP contribution < -0.4 is 9.64 Å². The Morgan fingerprint density at radius 2 is 1.85 bits per heavy atom. The van der Waals surface area contributed by atoms with Crippen LogP contribution in [0.1, 0.15) is 28.6 Å². The molecule has 1 atom stereocenters. The molecule has 0 aliphatic carbocycles. The number of nitrogens with zero attached hydrogens (tertiary/aromatic N) is 5. The number of ether oxygens (including phenoxy) is 1. The summed E-state index contributed by atoms with van der Waals surface area (Å²) in [7, 11) is 1.40. The average Bonchev–Trinajstić information content (AvgIpc) is 3.66. The lowest BCUT2D eigenvalue weighted by molar-refractivity contribution is -0.132. The summed E-state index contributed by atoms with van der Waals surface area (Å²) in [6.07, 6.45) is 1.72. The van der Waals surface area contributed by atoms with E-state index >= 15 is 0 Å². The van der Waals surface area contributed by atoms with Crippen LogP contribution in [-0.4, -0.2) is 48.6 Å². The summed E-state index contributed by atoms with van der Waals surface area (Å²) >= 11 is 2.64. The van der Waals surface area contributed by atoms with Crippen molar-refractivity contribution in [2.45, 2.75) is 23.1 Å². The monoisotopic (exact) mass is 585 g/mol. The zero-order valence-electron chi connectivity index (χ0n) is 21.9. The van der Waals surface area contributed by atoms with Gasteiger partial charge in [-0.15, -0.1) is 10.2 Å². The van der Waals surface area contributed by atoms with Gasteiger partial charge in [0.2, 0.25) is 5.13 Å². The summed E-state index contributed by atoms with van der Waals surface area (Å²) in [5.74, 6) is -1.41. The normalized spacial score (nSPS) is 16.5. The van der Waals surface area contributed by atoms with Gasteiger partial charge >= 0.3 is 5.91 Å². The zero-order chi connectivity index (χ0) is 28.7. The van der Waals surface area contributed by atoms with Crippen LogP contribution in [0.25, 0.3) is 11.4 Å². The third-order valence-electron chi connectivity index (χ3n) is 6.70. The van der Waals surface area contributed by atoms with E-state index in [2.05, 4.69) is 15.2 Å². The first-order chi connectivity index (χ1) is 19.9. The number of fused-ring (bicyclic) bond motifs is 1. The standard InChI is InChI=1S/C29H23N5O5S2/c1-16-23(33-13-7-6-10-21(33)30-16)25(36)22-24(18-11-12-19(35)20(14-18)39-2)34(27(38)26(22)37)28-31-32-29(41-28)40-15-17-8-4-3-5-9-17/h3-14,24,35-36H,15H2,1-2H3. The number of aliphatic hydroxyl groups excluding tert-OH is 1. The molecule has 206 valence electrons. The number of carbonyl (C=O) groups excluding carboxylic acids is 2. The van der Waals surface area contributed by atoms with E-state index < -0.39 is 17.7 Å². The highest BCUT2D eigenvalue weighted by Gasteiger charge is 2.49. The molecule has 1 saturated heterocycles. The molecule has 0 radical (unpaired) electrons. The molecular formula is C29H23N5O5S2. The molecule has 3 aromatic heterocycles. The summed E-state index contributed by atoms with van der Waals surface area (Å²) in [5.41, 5.74) is 2.76.